The number of carboxylic acid groups (broad SMARTS) is 1. The number of hydrogen-bond donors (Lipinski definition) is 3. The number of benzene rings is 3. The summed E-state index contributed by atoms with van der Waals surface area (Å²) in [4.78, 5) is 36.7. The molecule has 0 aliphatic carbocycles. The number of aliphatic carboxylic acids is 1. The molecule has 0 saturated carbocycles. The molecule has 0 radical (unpaired) electrons. The van der Waals surface area contributed by atoms with Gasteiger partial charge in [0.15, 0.2) is 0 Å². The van der Waals surface area contributed by atoms with Crippen LogP contribution >= 0.6 is 11.6 Å². The normalized spacial score (nSPS) is 12.1. The maximum absolute atomic E-state index is 13.0. The van der Waals surface area contributed by atoms with E-state index in [1.54, 1.807) is 72.8 Å². The number of amides is 2. The minimum absolute atomic E-state index is 0.00249. The Morgan fingerprint density at radius 2 is 1.74 bits per heavy atom. The molecule has 0 saturated heterocycles. The molecule has 4 rings (SSSR count). The molecule has 34 heavy (non-hydrogen) atoms. The minimum atomic E-state index is -0.885. The predicted molar refractivity (Wildman–Crippen MR) is 130 cm³/mol. The van der Waals surface area contributed by atoms with E-state index in [0.717, 1.165) is 5.56 Å². The number of carbonyl (C=O) groups excluding carboxylic acids is 2. The third-order valence-electron chi connectivity index (χ3n) is 5.22. The van der Waals surface area contributed by atoms with Crippen molar-refractivity contribution in [3.05, 3.63) is 94.0 Å². The number of para-hydroxylation sites is 2. The summed E-state index contributed by atoms with van der Waals surface area (Å²) in [7, 11) is 0. The molecule has 3 aromatic rings. The van der Waals surface area contributed by atoms with Gasteiger partial charge in [0.1, 0.15) is 12.4 Å². The maximum Gasteiger partial charge on any atom is 0.303 e. The van der Waals surface area contributed by atoms with Crippen molar-refractivity contribution in [1.29, 1.82) is 0 Å². The van der Waals surface area contributed by atoms with Crippen LogP contribution in [0.3, 0.4) is 0 Å². The van der Waals surface area contributed by atoms with Crippen molar-refractivity contribution >= 4 is 46.8 Å². The number of aryl methyl sites for hydroxylation is 1. The van der Waals surface area contributed by atoms with Gasteiger partial charge in [-0.1, -0.05) is 48.0 Å². The molecule has 1 aliphatic rings. The van der Waals surface area contributed by atoms with Crippen molar-refractivity contribution in [2.45, 2.75) is 12.8 Å². The Hall–Kier alpha value is -4.10. The zero-order valence-corrected chi connectivity index (χ0v) is 18.8. The lowest BCUT2D eigenvalue weighted by Gasteiger charge is -2.19. The first-order chi connectivity index (χ1) is 16.4. The molecule has 0 aromatic heterocycles. The van der Waals surface area contributed by atoms with Crippen molar-refractivity contribution in [1.82, 2.24) is 0 Å². The van der Waals surface area contributed by atoms with Crippen molar-refractivity contribution in [3.63, 3.8) is 0 Å². The molecule has 2 amide bonds. The van der Waals surface area contributed by atoms with Gasteiger partial charge in [0, 0.05) is 17.7 Å². The van der Waals surface area contributed by atoms with E-state index in [0.29, 0.717) is 39.7 Å². The zero-order valence-electron chi connectivity index (χ0n) is 18.0. The molecule has 0 bridgehead atoms. The van der Waals surface area contributed by atoms with Crippen LogP contribution in [0.1, 0.15) is 27.9 Å². The Morgan fingerprint density at radius 1 is 0.941 bits per heavy atom. The highest BCUT2D eigenvalue weighted by Gasteiger charge is 2.21. The van der Waals surface area contributed by atoms with Crippen molar-refractivity contribution in [2.75, 3.05) is 17.2 Å². The van der Waals surface area contributed by atoms with Gasteiger partial charge in [-0.25, -0.2) is 0 Å². The second kappa shape index (κ2) is 10.2. The smallest absolute Gasteiger partial charge is 0.303 e. The van der Waals surface area contributed by atoms with Gasteiger partial charge in [0.2, 0.25) is 0 Å². The third-order valence-corrected chi connectivity index (χ3v) is 5.52. The van der Waals surface area contributed by atoms with E-state index >= 15 is 0 Å². The summed E-state index contributed by atoms with van der Waals surface area (Å²) in [5.74, 6) is -1.14. The van der Waals surface area contributed by atoms with Gasteiger partial charge in [-0.05, 0) is 48.4 Å². The molecule has 3 aromatic carbocycles. The SMILES string of the molecule is O=C(O)CCc1cccc(NC(=O)c2ccccc2NC(=O)C2=Cc3cccc(Cl)c3OC2)c1. The number of hydrogen-bond acceptors (Lipinski definition) is 4. The van der Waals surface area contributed by atoms with Crippen molar-refractivity contribution in [3.8, 4) is 5.75 Å². The molecule has 0 spiro atoms. The Kier molecular flexibility index (Phi) is 6.94. The van der Waals surface area contributed by atoms with E-state index in [9.17, 15) is 14.4 Å². The molecule has 0 unspecified atom stereocenters. The van der Waals surface area contributed by atoms with E-state index < -0.39 is 11.9 Å². The monoisotopic (exact) mass is 476 g/mol. The number of carboxylic acids is 1. The Balaban J connectivity index is 1.49. The molecule has 172 valence electrons. The molecule has 0 fully saturated rings. The van der Waals surface area contributed by atoms with E-state index in [2.05, 4.69) is 10.6 Å². The summed E-state index contributed by atoms with van der Waals surface area (Å²) in [6.07, 6.45) is 2.07. The lowest BCUT2D eigenvalue weighted by atomic mass is 10.1. The molecular weight excluding hydrogens is 456 g/mol. The average Bonchev–Trinajstić information content (AvgIpc) is 2.83. The Bertz CT molecular complexity index is 1300. The van der Waals surface area contributed by atoms with Gasteiger partial charge in [0.05, 0.1) is 21.8 Å². The van der Waals surface area contributed by atoms with Crippen LogP contribution in [0.2, 0.25) is 5.02 Å². The van der Waals surface area contributed by atoms with Crippen LogP contribution in [0.4, 0.5) is 11.4 Å². The fraction of sp³-hybridized carbons (Fsp3) is 0.115. The quantitative estimate of drug-likeness (QED) is 0.444. The molecule has 0 atom stereocenters. The number of rotatable bonds is 7. The number of nitrogens with one attached hydrogen (secondary N) is 2. The zero-order chi connectivity index (χ0) is 24.1. The summed E-state index contributed by atoms with van der Waals surface area (Å²) >= 11 is 6.14. The highest BCUT2D eigenvalue weighted by atomic mass is 35.5. The lowest BCUT2D eigenvalue weighted by molar-refractivity contribution is -0.137. The van der Waals surface area contributed by atoms with Crippen molar-refractivity contribution < 1.29 is 24.2 Å². The first-order valence-corrected chi connectivity index (χ1v) is 10.9. The van der Waals surface area contributed by atoms with Crippen LogP contribution in [0.15, 0.2) is 72.3 Å². The Labute approximate surface area is 201 Å². The van der Waals surface area contributed by atoms with Gasteiger partial charge in [0.25, 0.3) is 11.8 Å². The van der Waals surface area contributed by atoms with Gasteiger partial charge < -0.3 is 20.5 Å². The summed E-state index contributed by atoms with van der Waals surface area (Å²) in [6, 6.07) is 19.0. The van der Waals surface area contributed by atoms with Crippen LogP contribution in [-0.2, 0) is 16.0 Å². The third kappa shape index (κ3) is 5.44. The van der Waals surface area contributed by atoms with Gasteiger partial charge in [-0.3, -0.25) is 14.4 Å². The maximum atomic E-state index is 13.0. The second-order valence-electron chi connectivity index (χ2n) is 7.66. The fourth-order valence-corrected chi connectivity index (χ4v) is 3.79. The van der Waals surface area contributed by atoms with Crippen LogP contribution in [0, 0.1) is 0 Å². The molecule has 1 aliphatic heterocycles. The number of halogens is 1. The summed E-state index contributed by atoms with van der Waals surface area (Å²) in [5.41, 5.74) is 3.07. The fourth-order valence-electron chi connectivity index (χ4n) is 3.55. The number of anilines is 2. The van der Waals surface area contributed by atoms with E-state index in [1.807, 2.05) is 0 Å². The second-order valence-corrected chi connectivity index (χ2v) is 8.07. The van der Waals surface area contributed by atoms with Crippen LogP contribution < -0.4 is 15.4 Å². The molecule has 8 heteroatoms. The van der Waals surface area contributed by atoms with E-state index in [4.69, 9.17) is 21.4 Å². The summed E-state index contributed by atoms with van der Waals surface area (Å²) < 4.78 is 5.65. The topological polar surface area (TPSA) is 105 Å². The largest absolute Gasteiger partial charge is 0.487 e. The number of ether oxygens (including phenoxy) is 1. The van der Waals surface area contributed by atoms with E-state index in [-0.39, 0.29) is 24.5 Å². The molecular formula is C26H21ClN2O5. The first kappa shape index (κ1) is 23.1. The highest BCUT2D eigenvalue weighted by molar-refractivity contribution is 6.32. The molecule has 1 heterocycles. The van der Waals surface area contributed by atoms with Crippen LogP contribution in [0.25, 0.3) is 6.08 Å². The first-order valence-electron chi connectivity index (χ1n) is 10.5. The molecule has 7 nitrogen and oxygen atoms in total. The number of carbonyl (C=O) groups is 3. The molecule has 3 N–H and O–H groups in total. The average molecular weight is 477 g/mol. The Morgan fingerprint density at radius 3 is 2.56 bits per heavy atom. The van der Waals surface area contributed by atoms with Crippen LogP contribution in [0.5, 0.6) is 5.75 Å². The minimum Gasteiger partial charge on any atom is -0.487 e. The highest BCUT2D eigenvalue weighted by Crippen LogP contribution is 2.33. The van der Waals surface area contributed by atoms with Gasteiger partial charge >= 0.3 is 5.97 Å². The number of fused-ring (bicyclic) bond motifs is 1. The lowest BCUT2D eigenvalue weighted by Crippen LogP contribution is -2.23. The van der Waals surface area contributed by atoms with Crippen LogP contribution in [-0.4, -0.2) is 29.5 Å². The van der Waals surface area contributed by atoms with Gasteiger partial charge in [-0.15, -0.1) is 0 Å². The summed E-state index contributed by atoms with van der Waals surface area (Å²) in [5, 5.41) is 14.9. The van der Waals surface area contributed by atoms with Crippen molar-refractivity contribution in [2.24, 2.45) is 0 Å². The summed E-state index contributed by atoms with van der Waals surface area (Å²) in [6.45, 7) is 0.0556. The van der Waals surface area contributed by atoms with Gasteiger partial charge in [-0.2, -0.15) is 0 Å². The standard InChI is InChI=1S/C26H21ClN2O5/c27-21-9-4-6-17-14-18(15-34-24(17)21)25(32)29-22-10-2-1-8-20(22)26(33)28-19-7-3-5-16(13-19)11-12-23(30)31/h1-10,13-14H,11-12,15H2,(H,28,33)(H,29,32)(H,30,31). The van der Waals surface area contributed by atoms with E-state index in [1.165, 1.54) is 0 Å². The predicted octanol–water partition coefficient (Wildman–Crippen LogP) is 5.02.